The second-order valence-corrected chi connectivity index (χ2v) is 7.98. The maximum atomic E-state index is 12.9. The third kappa shape index (κ3) is 5.41. The molecule has 6 heteroatoms. The van der Waals surface area contributed by atoms with E-state index in [2.05, 4.69) is 10.3 Å². The molecule has 1 aromatic heterocycles. The van der Waals surface area contributed by atoms with Crippen LogP contribution >= 0.6 is 23.1 Å². The maximum Gasteiger partial charge on any atom is 0.226 e. The second-order valence-electron chi connectivity index (χ2n) is 5.90. The molecule has 1 heterocycles. The van der Waals surface area contributed by atoms with E-state index in [-0.39, 0.29) is 24.2 Å². The molecule has 2 aromatic carbocycles. The summed E-state index contributed by atoms with van der Waals surface area (Å²) >= 11 is 3.12. The molecule has 1 amide bonds. The van der Waals surface area contributed by atoms with Gasteiger partial charge in [-0.25, -0.2) is 9.37 Å². The Labute approximate surface area is 160 Å². The van der Waals surface area contributed by atoms with Gasteiger partial charge in [0.05, 0.1) is 18.2 Å². The first-order chi connectivity index (χ1) is 12.6. The number of carbonyl (C=O) groups excluding carboxylic acids is 1. The lowest BCUT2D eigenvalue weighted by molar-refractivity contribution is -0.121. The third-order valence-corrected chi connectivity index (χ3v) is 5.97. The Morgan fingerprint density at radius 1 is 1.19 bits per heavy atom. The van der Waals surface area contributed by atoms with E-state index in [1.165, 1.54) is 23.5 Å². The molecular formula is C20H19FN2OS2. The van der Waals surface area contributed by atoms with Gasteiger partial charge in [-0.3, -0.25) is 4.79 Å². The van der Waals surface area contributed by atoms with Gasteiger partial charge < -0.3 is 5.32 Å². The average molecular weight is 387 g/mol. The third-order valence-electron chi connectivity index (χ3n) is 3.82. The van der Waals surface area contributed by atoms with Crippen LogP contribution < -0.4 is 5.32 Å². The standard InChI is InChI=1S/C20H19FN2OS2/c1-14(16-5-3-2-4-6-16)22-19(24)11-18-13-26-20(23-18)25-12-15-7-9-17(21)10-8-15/h2-10,13-14H,11-12H2,1H3,(H,22,24). The molecule has 3 aromatic rings. The zero-order valence-electron chi connectivity index (χ0n) is 14.3. The molecule has 0 aliphatic rings. The lowest BCUT2D eigenvalue weighted by Gasteiger charge is -2.13. The Balaban J connectivity index is 1.49. The molecule has 0 aliphatic carbocycles. The van der Waals surface area contributed by atoms with Gasteiger partial charge in [0.15, 0.2) is 0 Å². The number of rotatable bonds is 7. The molecule has 1 atom stereocenters. The number of nitrogens with zero attached hydrogens (tertiary/aromatic N) is 1. The van der Waals surface area contributed by atoms with Gasteiger partial charge in [0.2, 0.25) is 5.91 Å². The van der Waals surface area contributed by atoms with Crippen molar-refractivity contribution in [2.75, 3.05) is 0 Å². The van der Waals surface area contributed by atoms with Crippen molar-refractivity contribution < 1.29 is 9.18 Å². The van der Waals surface area contributed by atoms with Gasteiger partial charge in [-0.1, -0.05) is 54.2 Å². The summed E-state index contributed by atoms with van der Waals surface area (Å²) in [7, 11) is 0. The summed E-state index contributed by atoms with van der Waals surface area (Å²) in [6.45, 7) is 1.97. The zero-order chi connectivity index (χ0) is 18.4. The largest absolute Gasteiger partial charge is 0.349 e. The fourth-order valence-electron chi connectivity index (χ4n) is 2.44. The summed E-state index contributed by atoms with van der Waals surface area (Å²) in [4.78, 5) is 16.7. The molecule has 0 saturated heterocycles. The molecule has 1 unspecified atom stereocenters. The highest BCUT2D eigenvalue weighted by Gasteiger charge is 2.12. The number of aromatic nitrogens is 1. The van der Waals surface area contributed by atoms with Gasteiger partial charge in [0.25, 0.3) is 0 Å². The van der Waals surface area contributed by atoms with Gasteiger partial charge in [0, 0.05) is 11.1 Å². The topological polar surface area (TPSA) is 42.0 Å². The number of amides is 1. The fourth-order valence-corrected chi connectivity index (χ4v) is 4.24. The van der Waals surface area contributed by atoms with Crippen molar-refractivity contribution in [1.29, 1.82) is 0 Å². The molecular weight excluding hydrogens is 367 g/mol. The van der Waals surface area contributed by atoms with Crippen LogP contribution in [0.15, 0.2) is 64.3 Å². The van der Waals surface area contributed by atoms with Gasteiger partial charge in [0.1, 0.15) is 10.2 Å². The highest BCUT2D eigenvalue weighted by atomic mass is 32.2. The summed E-state index contributed by atoms with van der Waals surface area (Å²) in [5, 5.41) is 4.92. The first kappa shape index (κ1) is 18.6. The number of hydrogen-bond acceptors (Lipinski definition) is 4. The van der Waals surface area contributed by atoms with Crippen LogP contribution in [0.25, 0.3) is 0 Å². The quantitative estimate of drug-likeness (QED) is 0.582. The maximum absolute atomic E-state index is 12.9. The van der Waals surface area contributed by atoms with Crippen LogP contribution in [0.1, 0.15) is 29.8 Å². The number of thiazole rings is 1. The minimum atomic E-state index is -0.231. The first-order valence-electron chi connectivity index (χ1n) is 8.26. The van der Waals surface area contributed by atoms with Gasteiger partial charge in [-0.05, 0) is 30.2 Å². The Kier molecular flexibility index (Phi) is 6.41. The van der Waals surface area contributed by atoms with Gasteiger partial charge in [-0.15, -0.1) is 11.3 Å². The summed E-state index contributed by atoms with van der Waals surface area (Å²) in [6.07, 6.45) is 0.269. The highest BCUT2D eigenvalue weighted by Crippen LogP contribution is 2.26. The van der Waals surface area contributed by atoms with E-state index < -0.39 is 0 Å². The molecule has 134 valence electrons. The molecule has 0 aliphatic heterocycles. The summed E-state index contributed by atoms with van der Waals surface area (Å²) in [5.41, 5.74) is 2.90. The van der Waals surface area contributed by atoms with Crippen molar-refractivity contribution in [3.8, 4) is 0 Å². The fraction of sp³-hybridized carbons (Fsp3) is 0.200. The van der Waals surface area contributed by atoms with Crippen LogP contribution in [0.3, 0.4) is 0 Å². The Morgan fingerprint density at radius 2 is 1.92 bits per heavy atom. The number of benzene rings is 2. The lowest BCUT2D eigenvalue weighted by atomic mass is 10.1. The molecule has 0 spiro atoms. The summed E-state index contributed by atoms with van der Waals surface area (Å²) < 4.78 is 13.8. The number of halogens is 1. The van der Waals surface area contributed by atoms with E-state index in [4.69, 9.17) is 0 Å². The van der Waals surface area contributed by atoms with Crippen molar-refractivity contribution in [2.24, 2.45) is 0 Å². The van der Waals surface area contributed by atoms with Crippen molar-refractivity contribution in [3.63, 3.8) is 0 Å². The van der Waals surface area contributed by atoms with Crippen LogP contribution in [-0.2, 0) is 17.0 Å². The van der Waals surface area contributed by atoms with Crippen molar-refractivity contribution in [2.45, 2.75) is 29.5 Å². The lowest BCUT2D eigenvalue weighted by Crippen LogP contribution is -2.28. The minimum absolute atomic E-state index is 0.0327. The summed E-state index contributed by atoms with van der Waals surface area (Å²) in [5.74, 6) is 0.456. The van der Waals surface area contributed by atoms with Crippen LogP contribution in [0.2, 0.25) is 0 Å². The van der Waals surface area contributed by atoms with E-state index in [0.717, 1.165) is 26.9 Å². The van der Waals surface area contributed by atoms with Crippen LogP contribution in [0, 0.1) is 5.82 Å². The minimum Gasteiger partial charge on any atom is -0.349 e. The summed E-state index contributed by atoms with van der Waals surface area (Å²) in [6, 6.07) is 16.3. The average Bonchev–Trinajstić information content (AvgIpc) is 3.09. The number of carbonyl (C=O) groups is 1. The second kappa shape index (κ2) is 8.96. The molecule has 1 N–H and O–H groups in total. The van der Waals surface area contributed by atoms with E-state index in [1.807, 2.05) is 42.6 Å². The molecule has 0 fully saturated rings. The van der Waals surface area contributed by atoms with Gasteiger partial charge >= 0.3 is 0 Å². The van der Waals surface area contributed by atoms with E-state index >= 15 is 0 Å². The van der Waals surface area contributed by atoms with Gasteiger partial charge in [-0.2, -0.15) is 0 Å². The van der Waals surface area contributed by atoms with E-state index in [1.54, 1.807) is 23.9 Å². The van der Waals surface area contributed by atoms with Crippen LogP contribution in [0.5, 0.6) is 0 Å². The molecule has 3 rings (SSSR count). The Hall–Kier alpha value is -2.18. The van der Waals surface area contributed by atoms with Crippen molar-refractivity contribution >= 4 is 29.0 Å². The predicted octanol–water partition coefficient (Wildman–Crippen LogP) is 4.99. The Bertz CT molecular complexity index is 850. The van der Waals surface area contributed by atoms with Crippen LogP contribution in [0.4, 0.5) is 4.39 Å². The smallest absolute Gasteiger partial charge is 0.226 e. The van der Waals surface area contributed by atoms with E-state index in [9.17, 15) is 9.18 Å². The molecule has 0 bridgehead atoms. The Morgan fingerprint density at radius 3 is 2.65 bits per heavy atom. The number of nitrogens with one attached hydrogen (secondary N) is 1. The van der Waals surface area contributed by atoms with Crippen molar-refractivity contribution in [1.82, 2.24) is 10.3 Å². The zero-order valence-corrected chi connectivity index (χ0v) is 15.9. The number of hydrogen-bond donors (Lipinski definition) is 1. The highest BCUT2D eigenvalue weighted by molar-refractivity contribution is 8.00. The molecule has 0 radical (unpaired) electrons. The SMILES string of the molecule is CC(NC(=O)Cc1csc(SCc2ccc(F)cc2)n1)c1ccccc1. The molecule has 26 heavy (non-hydrogen) atoms. The van der Waals surface area contributed by atoms with E-state index in [0.29, 0.717) is 0 Å². The monoisotopic (exact) mass is 386 g/mol. The van der Waals surface area contributed by atoms with Crippen LogP contribution in [-0.4, -0.2) is 10.9 Å². The van der Waals surface area contributed by atoms with Crippen molar-refractivity contribution in [3.05, 3.63) is 82.6 Å². The first-order valence-corrected chi connectivity index (χ1v) is 10.1. The predicted molar refractivity (Wildman–Crippen MR) is 105 cm³/mol. The number of thioether (sulfide) groups is 1. The normalized spacial score (nSPS) is 11.9. The molecule has 0 saturated carbocycles. The molecule has 3 nitrogen and oxygen atoms in total.